The summed E-state index contributed by atoms with van der Waals surface area (Å²) >= 11 is 1.99. The maximum Gasteiger partial charge on any atom is 0.0738 e. The zero-order valence-corrected chi connectivity index (χ0v) is 10.5. The molecule has 4 nitrogen and oxygen atoms in total. The molecule has 0 bridgehead atoms. The minimum Gasteiger partial charge on any atom is -0.309 e. The van der Waals surface area contributed by atoms with E-state index < -0.39 is 0 Å². The molecule has 1 unspecified atom stereocenters. The normalized spacial score (nSPS) is 13.0. The van der Waals surface area contributed by atoms with Gasteiger partial charge in [-0.1, -0.05) is 12.1 Å². The Morgan fingerprint density at radius 1 is 1.60 bits per heavy atom. The Bertz CT molecular complexity index is 274. The van der Waals surface area contributed by atoms with Crippen molar-refractivity contribution in [3.8, 4) is 0 Å². The van der Waals surface area contributed by atoms with Gasteiger partial charge in [-0.05, 0) is 24.9 Å². The molecule has 1 atom stereocenters. The molecule has 5 heteroatoms. The van der Waals surface area contributed by atoms with Crippen molar-refractivity contribution in [3.63, 3.8) is 0 Å². The summed E-state index contributed by atoms with van der Waals surface area (Å²) in [5, 5.41) is 11.2. The fraction of sp³-hybridized carbons (Fsp3) is 0.800. The monoisotopic (exact) mass is 228 g/mol. The Balaban J connectivity index is 2.16. The van der Waals surface area contributed by atoms with Crippen LogP contribution in [0.3, 0.4) is 0 Å². The van der Waals surface area contributed by atoms with Crippen LogP contribution in [-0.4, -0.2) is 32.5 Å². The number of thioether (sulfide) groups is 1. The first-order valence-corrected chi connectivity index (χ1v) is 6.54. The molecule has 1 N–H and O–H groups in total. The maximum absolute atomic E-state index is 3.89. The topological polar surface area (TPSA) is 42.7 Å². The molecule has 0 amide bonds. The highest BCUT2D eigenvalue weighted by atomic mass is 32.2. The van der Waals surface area contributed by atoms with E-state index in [-0.39, 0.29) is 0 Å². The van der Waals surface area contributed by atoms with Crippen molar-refractivity contribution < 1.29 is 0 Å². The largest absolute Gasteiger partial charge is 0.309 e. The first kappa shape index (κ1) is 12.5. The molecule has 0 aliphatic heterocycles. The lowest BCUT2D eigenvalue weighted by Gasteiger charge is -2.12. The Morgan fingerprint density at radius 2 is 2.40 bits per heavy atom. The molecule has 0 aliphatic rings. The first-order valence-electron chi connectivity index (χ1n) is 5.38. The second-order valence-electron chi connectivity index (χ2n) is 3.62. The van der Waals surface area contributed by atoms with Gasteiger partial charge in [-0.3, -0.25) is 4.68 Å². The Hall–Kier alpha value is -0.550. The molecule has 86 valence electrons. The van der Waals surface area contributed by atoms with Crippen molar-refractivity contribution in [1.29, 1.82) is 0 Å². The van der Waals surface area contributed by atoms with Crippen LogP contribution in [0.15, 0.2) is 6.20 Å². The fourth-order valence-corrected chi connectivity index (χ4v) is 2.07. The highest BCUT2D eigenvalue weighted by Gasteiger charge is 2.03. The smallest absolute Gasteiger partial charge is 0.0738 e. The standard InChI is InChI=1S/C10H20N4S/c1-4-15-6-5-9(2)11-7-10-8-12-13-14(10)3/h8-9,11H,4-7H2,1-3H3. The zero-order chi connectivity index (χ0) is 11.1. The quantitative estimate of drug-likeness (QED) is 0.717. The average Bonchev–Trinajstić information content (AvgIpc) is 2.61. The summed E-state index contributed by atoms with van der Waals surface area (Å²) in [6.45, 7) is 5.27. The molecule has 0 aliphatic carbocycles. The molecule has 0 saturated carbocycles. The van der Waals surface area contributed by atoms with Gasteiger partial charge in [0.05, 0.1) is 11.9 Å². The second kappa shape index (κ2) is 6.85. The van der Waals surface area contributed by atoms with Gasteiger partial charge in [-0.15, -0.1) is 5.10 Å². The van der Waals surface area contributed by atoms with Gasteiger partial charge in [0.15, 0.2) is 0 Å². The van der Waals surface area contributed by atoms with E-state index in [1.807, 2.05) is 18.8 Å². The third-order valence-electron chi connectivity index (χ3n) is 2.34. The third kappa shape index (κ3) is 4.66. The summed E-state index contributed by atoms with van der Waals surface area (Å²) in [4.78, 5) is 0. The predicted molar refractivity (Wildman–Crippen MR) is 64.9 cm³/mol. The summed E-state index contributed by atoms with van der Waals surface area (Å²) in [5.74, 6) is 2.44. The van der Waals surface area contributed by atoms with E-state index in [0.29, 0.717) is 6.04 Å². The molecule has 1 aromatic heterocycles. The molecule has 1 heterocycles. The molecule has 0 fully saturated rings. The molecule has 1 rings (SSSR count). The molecule has 0 aromatic carbocycles. The molecule has 0 spiro atoms. The zero-order valence-electron chi connectivity index (χ0n) is 9.73. The Labute approximate surface area is 95.8 Å². The fourth-order valence-electron chi connectivity index (χ4n) is 1.26. The van der Waals surface area contributed by atoms with E-state index in [9.17, 15) is 0 Å². The van der Waals surface area contributed by atoms with Gasteiger partial charge in [0.25, 0.3) is 0 Å². The minimum absolute atomic E-state index is 0.555. The SMILES string of the molecule is CCSCCC(C)NCc1cnnn1C. The van der Waals surface area contributed by atoms with Gasteiger partial charge >= 0.3 is 0 Å². The lowest BCUT2D eigenvalue weighted by atomic mass is 10.2. The molecule has 0 radical (unpaired) electrons. The average molecular weight is 228 g/mol. The van der Waals surface area contributed by atoms with E-state index in [0.717, 1.165) is 12.2 Å². The van der Waals surface area contributed by atoms with Gasteiger partial charge < -0.3 is 5.32 Å². The summed E-state index contributed by atoms with van der Waals surface area (Å²) in [6, 6.07) is 0.555. The van der Waals surface area contributed by atoms with Gasteiger partial charge in [-0.25, -0.2) is 0 Å². The number of aromatic nitrogens is 3. The van der Waals surface area contributed by atoms with Gasteiger partial charge in [0.1, 0.15) is 0 Å². The van der Waals surface area contributed by atoms with Crippen LogP contribution in [0.1, 0.15) is 26.0 Å². The van der Waals surface area contributed by atoms with E-state index in [2.05, 4.69) is 29.5 Å². The van der Waals surface area contributed by atoms with Crippen LogP contribution >= 0.6 is 11.8 Å². The minimum atomic E-state index is 0.555. The van der Waals surface area contributed by atoms with Gasteiger partial charge in [0.2, 0.25) is 0 Å². The van der Waals surface area contributed by atoms with Gasteiger partial charge in [0, 0.05) is 19.6 Å². The number of nitrogens with one attached hydrogen (secondary N) is 1. The van der Waals surface area contributed by atoms with Crippen LogP contribution in [0.4, 0.5) is 0 Å². The molecule has 0 saturated heterocycles. The molecular weight excluding hydrogens is 208 g/mol. The van der Waals surface area contributed by atoms with Crippen LogP contribution in [0, 0.1) is 0 Å². The van der Waals surface area contributed by atoms with E-state index in [1.165, 1.54) is 17.9 Å². The van der Waals surface area contributed by atoms with Crippen molar-refractivity contribution in [2.45, 2.75) is 32.9 Å². The molecule has 1 aromatic rings. The lowest BCUT2D eigenvalue weighted by Crippen LogP contribution is -2.27. The Kier molecular flexibility index (Phi) is 5.71. The maximum atomic E-state index is 3.89. The van der Waals surface area contributed by atoms with Crippen molar-refractivity contribution in [2.75, 3.05) is 11.5 Å². The third-order valence-corrected chi connectivity index (χ3v) is 3.27. The second-order valence-corrected chi connectivity index (χ2v) is 5.01. The van der Waals surface area contributed by atoms with Crippen LogP contribution in [0.2, 0.25) is 0 Å². The van der Waals surface area contributed by atoms with Crippen LogP contribution < -0.4 is 5.32 Å². The number of rotatable bonds is 7. The Morgan fingerprint density at radius 3 is 3.00 bits per heavy atom. The number of aryl methyl sites for hydroxylation is 1. The van der Waals surface area contributed by atoms with Crippen molar-refractivity contribution >= 4 is 11.8 Å². The summed E-state index contributed by atoms with van der Waals surface area (Å²) in [5.41, 5.74) is 1.13. The predicted octanol–water partition coefficient (Wildman–Crippen LogP) is 1.44. The summed E-state index contributed by atoms with van der Waals surface area (Å²) in [7, 11) is 1.92. The first-order chi connectivity index (χ1) is 7.24. The van der Waals surface area contributed by atoms with Crippen molar-refractivity contribution in [2.24, 2.45) is 7.05 Å². The van der Waals surface area contributed by atoms with E-state index in [4.69, 9.17) is 0 Å². The van der Waals surface area contributed by atoms with Gasteiger partial charge in [-0.2, -0.15) is 11.8 Å². The highest BCUT2D eigenvalue weighted by molar-refractivity contribution is 7.99. The van der Waals surface area contributed by atoms with Crippen molar-refractivity contribution in [3.05, 3.63) is 11.9 Å². The lowest BCUT2D eigenvalue weighted by molar-refractivity contribution is 0.518. The van der Waals surface area contributed by atoms with Crippen LogP contribution in [-0.2, 0) is 13.6 Å². The summed E-state index contributed by atoms with van der Waals surface area (Å²) in [6.07, 6.45) is 3.02. The summed E-state index contributed by atoms with van der Waals surface area (Å²) < 4.78 is 1.81. The van der Waals surface area contributed by atoms with Crippen LogP contribution in [0.5, 0.6) is 0 Å². The molecule has 15 heavy (non-hydrogen) atoms. The van der Waals surface area contributed by atoms with E-state index in [1.54, 1.807) is 10.9 Å². The number of hydrogen-bond acceptors (Lipinski definition) is 4. The number of nitrogens with zero attached hydrogens (tertiary/aromatic N) is 3. The van der Waals surface area contributed by atoms with Crippen molar-refractivity contribution in [1.82, 2.24) is 20.3 Å². The molecular formula is C10H20N4S. The number of hydrogen-bond donors (Lipinski definition) is 1. The van der Waals surface area contributed by atoms with E-state index >= 15 is 0 Å². The highest BCUT2D eigenvalue weighted by Crippen LogP contribution is 2.04. The van der Waals surface area contributed by atoms with Crippen LogP contribution in [0.25, 0.3) is 0 Å².